The van der Waals surface area contributed by atoms with Crippen LogP contribution in [0.3, 0.4) is 0 Å². The van der Waals surface area contributed by atoms with E-state index in [9.17, 15) is 20.4 Å². The molecule has 0 radical (unpaired) electrons. The zero-order valence-corrected chi connectivity index (χ0v) is 27.5. The van der Waals surface area contributed by atoms with E-state index in [2.05, 4.69) is 27.7 Å². The molecular formula is C28H54O5S4. The molecular weight excluding hydrogens is 545 g/mol. The zero-order valence-electron chi connectivity index (χ0n) is 24.3. The number of thioether (sulfide) groups is 4. The minimum Gasteiger partial charge on any atom is -0.383 e. The number of aliphatic hydroxyl groups excluding tert-OH is 4. The molecule has 0 spiro atoms. The molecule has 0 heterocycles. The third kappa shape index (κ3) is 9.09. The van der Waals surface area contributed by atoms with E-state index >= 15 is 0 Å². The van der Waals surface area contributed by atoms with E-state index in [-0.39, 0.29) is 32.8 Å². The van der Waals surface area contributed by atoms with Gasteiger partial charge in [-0.2, -0.15) is 0 Å². The molecule has 12 atom stereocenters. The molecule has 4 N–H and O–H groups in total. The largest absolute Gasteiger partial charge is 0.383 e. The van der Waals surface area contributed by atoms with E-state index in [1.807, 2.05) is 27.7 Å². The van der Waals surface area contributed by atoms with Crippen LogP contribution in [0.1, 0.15) is 107 Å². The van der Waals surface area contributed by atoms with E-state index in [4.69, 9.17) is 4.74 Å². The fraction of sp³-hybridized carbons (Fsp3) is 1.00. The Balaban J connectivity index is 2.66. The first-order valence-corrected chi connectivity index (χ1v) is 18.1. The zero-order chi connectivity index (χ0) is 28.0. The maximum Gasteiger partial charge on any atom is 0.0968 e. The van der Waals surface area contributed by atoms with Gasteiger partial charge in [-0.3, -0.25) is 0 Å². The van der Waals surface area contributed by atoms with E-state index in [0.29, 0.717) is 0 Å². The second kappa shape index (κ2) is 15.4. The lowest BCUT2D eigenvalue weighted by atomic mass is 9.68. The lowest BCUT2D eigenvalue weighted by Crippen LogP contribution is -2.64. The maximum absolute atomic E-state index is 10.5. The summed E-state index contributed by atoms with van der Waals surface area (Å²) in [5.74, 6) is 0.482. The molecule has 2 fully saturated rings. The Labute approximate surface area is 243 Å². The first-order valence-electron chi connectivity index (χ1n) is 14.3. The predicted molar refractivity (Wildman–Crippen MR) is 165 cm³/mol. The second-order valence-electron chi connectivity index (χ2n) is 11.4. The quantitative estimate of drug-likeness (QED) is 0.163. The van der Waals surface area contributed by atoms with E-state index in [1.165, 1.54) is 0 Å². The van der Waals surface area contributed by atoms with Gasteiger partial charge in [0, 0.05) is 32.8 Å². The molecule has 37 heavy (non-hydrogen) atoms. The lowest BCUT2D eigenvalue weighted by Gasteiger charge is -2.59. The average molecular weight is 599 g/mol. The van der Waals surface area contributed by atoms with Crippen molar-refractivity contribution in [3.8, 4) is 0 Å². The standard InChI is InChI=1S/C28H54O5S4/c1-17(34-21(5)29)25-13-9-11-15-27(25,19(3)36-23(7)31)33-28(20(4)37-24(8)32)16-12-10-14-26(28)18(2)35-22(6)30/h17-26,29-32H,9-16H2,1-8H3. The first-order chi connectivity index (χ1) is 17.2. The minimum absolute atomic E-state index is 0.0674. The Morgan fingerprint density at radius 3 is 1.16 bits per heavy atom. The highest BCUT2D eigenvalue weighted by Crippen LogP contribution is 2.56. The SMILES string of the molecule is CC(O)SC(C)C1CCCCC1(OC1(C(C)SC(C)O)CCCCC1C(C)SC(C)O)C(C)SC(C)O. The summed E-state index contributed by atoms with van der Waals surface area (Å²) in [6, 6.07) is 0. The summed E-state index contributed by atoms with van der Waals surface area (Å²) in [4.78, 5) is 0. The Morgan fingerprint density at radius 2 is 0.865 bits per heavy atom. The fourth-order valence-corrected chi connectivity index (χ4v) is 11.7. The molecule has 0 aliphatic heterocycles. The van der Waals surface area contributed by atoms with Crippen LogP contribution in [-0.2, 0) is 4.74 Å². The monoisotopic (exact) mass is 598 g/mol. The lowest BCUT2D eigenvalue weighted by molar-refractivity contribution is -0.223. The van der Waals surface area contributed by atoms with Crippen molar-refractivity contribution in [2.24, 2.45) is 11.8 Å². The molecule has 0 aromatic heterocycles. The summed E-state index contributed by atoms with van der Waals surface area (Å²) >= 11 is 6.41. The van der Waals surface area contributed by atoms with Crippen molar-refractivity contribution >= 4 is 47.0 Å². The van der Waals surface area contributed by atoms with Crippen molar-refractivity contribution < 1.29 is 25.2 Å². The van der Waals surface area contributed by atoms with Crippen LogP contribution in [0.5, 0.6) is 0 Å². The number of rotatable bonds is 14. The van der Waals surface area contributed by atoms with Crippen molar-refractivity contribution in [3.63, 3.8) is 0 Å². The van der Waals surface area contributed by atoms with Crippen LogP contribution >= 0.6 is 47.0 Å². The maximum atomic E-state index is 10.5. The Morgan fingerprint density at radius 1 is 0.541 bits per heavy atom. The highest BCUT2D eigenvalue weighted by molar-refractivity contribution is 8.01. The fourth-order valence-electron chi connectivity index (χ4n) is 7.07. The molecule has 220 valence electrons. The summed E-state index contributed by atoms with van der Waals surface area (Å²) in [6.45, 7) is 16.3. The van der Waals surface area contributed by atoms with Crippen molar-refractivity contribution in [2.75, 3.05) is 0 Å². The minimum atomic E-state index is -0.496. The van der Waals surface area contributed by atoms with Crippen LogP contribution in [0.4, 0.5) is 0 Å². The van der Waals surface area contributed by atoms with Gasteiger partial charge in [0.2, 0.25) is 0 Å². The van der Waals surface area contributed by atoms with Crippen molar-refractivity contribution in [2.45, 2.75) is 161 Å². The molecule has 0 amide bonds. The third-order valence-electron chi connectivity index (χ3n) is 8.44. The average Bonchev–Trinajstić information content (AvgIpc) is 2.77. The van der Waals surface area contributed by atoms with Gasteiger partial charge in [-0.1, -0.05) is 53.4 Å². The molecule has 0 aromatic carbocycles. The van der Waals surface area contributed by atoms with E-state index < -0.39 is 32.9 Å². The molecule has 9 heteroatoms. The van der Waals surface area contributed by atoms with Gasteiger partial charge in [-0.15, -0.1) is 47.0 Å². The molecule has 12 unspecified atom stereocenters. The molecule has 5 nitrogen and oxygen atoms in total. The van der Waals surface area contributed by atoms with Gasteiger partial charge >= 0.3 is 0 Å². The molecule has 0 aromatic rings. The third-order valence-corrected chi connectivity index (χ3v) is 13.1. The van der Waals surface area contributed by atoms with Crippen LogP contribution in [-0.4, -0.2) is 74.4 Å². The number of hydrogen-bond donors (Lipinski definition) is 4. The Hall–Kier alpha value is 1.20. The van der Waals surface area contributed by atoms with Gasteiger partial charge in [0.05, 0.1) is 32.9 Å². The molecule has 2 rings (SSSR count). The Kier molecular flexibility index (Phi) is 14.4. The second-order valence-corrected chi connectivity index (χ2v) is 18.1. The summed E-state index contributed by atoms with van der Waals surface area (Å²) in [6.07, 6.45) is 8.42. The van der Waals surface area contributed by atoms with Crippen molar-refractivity contribution in [1.29, 1.82) is 0 Å². The van der Waals surface area contributed by atoms with Gasteiger partial charge in [0.15, 0.2) is 0 Å². The summed E-state index contributed by atoms with van der Waals surface area (Å²) in [5.41, 5.74) is -2.80. The van der Waals surface area contributed by atoms with Crippen molar-refractivity contribution in [1.82, 2.24) is 0 Å². The summed E-state index contributed by atoms with van der Waals surface area (Å²) in [7, 11) is 0. The molecule has 2 aliphatic carbocycles. The number of ether oxygens (including phenoxy) is 1. The molecule has 0 bridgehead atoms. The van der Waals surface area contributed by atoms with Gasteiger partial charge in [0.25, 0.3) is 0 Å². The topological polar surface area (TPSA) is 90.2 Å². The van der Waals surface area contributed by atoms with Crippen molar-refractivity contribution in [3.05, 3.63) is 0 Å². The first kappa shape index (κ1) is 34.4. The van der Waals surface area contributed by atoms with Crippen LogP contribution in [0.15, 0.2) is 0 Å². The van der Waals surface area contributed by atoms with Crippen LogP contribution < -0.4 is 0 Å². The van der Waals surface area contributed by atoms with Gasteiger partial charge in [-0.25, -0.2) is 0 Å². The predicted octanol–water partition coefficient (Wildman–Crippen LogP) is 6.70. The molecule has 0 saturated heterocycles. The van der Waals surface area contributed by atoms with Crippen LogP contribution in [0.2, 0.25) is 0 Å². The highest BCUT2D eigenvalue weighted by atomic mass is 32.2. The Bertz CT molecular complexity index is 612. The van der Waals surface area contributed by atoms with Crippen LogP contribution in [0, 0.1) is 11.8 Å². The molecule has 2 saturated carbocycles. The number of hydrogen-bond acceptors (Lipinski definition) is 9. The highest BCUT2D eigenvalue weighted by Gasteiger charge is 2.58. The van der Waals surface area contributed by atoms with Gasteiger partial charge < -0.3 is 25.2 Å². The number of aliphatic hydroxyl groups is 4. The van der Waals surface area contributed by atoms with E-state index in [1.54, 1.807) is 47.0 Å². The summed E-state index contributed by atoms with van der Waals surface area (Å²) < 4.78 is 7.81. The van der Waals surface area contributed by atoms with Gasteiger partial charge in [-0.05, 0) is 53.4 Å². The summed E-state index contributed by atoms with van der Waals surface area (Å²) in [5, 5.41) is 42.1. The van der Waals surface area contributed by atoms with Gasteiger partial charge in [0.1, 0.15) is 0 Å². The molecule has 2 aliphatic rings. The smallest absolute Gasteiger partial charge is 0.0968 e. The van der Waals surface area contributed by atoms with E-state index in [0.717, 1.165) is 51.4 Å². The normalized spacial score (nSPS) is 35.7. The van der Waals surface area contributed by atoms with Crippen LogP contribution in [0.25, 0.3) is 0 Å².